The summed E-state index contributed by atoms with van der Waals surface area (Å²) in [5.74, 6) is -1.88. The van der Waals surface area contributed by atoms with Gasteiger partial charge in [0.2, 0.25) is 0 Å². The number of nitrogens with zero attached hydrogens (tertiary/aromatic N) is 1. The number of carbonyl (C=O) groups excluding carboxylic acids is 2. The topological polar surface area (TPSA) is 48.3 Å². The fourth-order valence-electron chi connectivity index (χ4n) is 2.41. The van der Waals surface area contributed by atoms with E-state index in [4.69, 9.17) is 16.3 Å². The van der Waals surface area contributed by atoms with Crippen LogP contribution in [-0.2, 0) is 4.74 Å². The normalized spacial score (nSPS) is 10.7. The van der Waals surface area contributed by atoms with Gasteiger partial charge in [0.1, 0.15) is 5.82 Å². The first kappa shape index (κ1) is 15.2. The molecule has 2 aromatic carbocycles. The number of carbonyl (C=O) groups is 2. The van der Waals surface area contributed by atoms with E-state index in [-0.39, 0.29) is 16.1 Å². The van der Waals surface area contributed by atoms with Gasteiger partial charge in [-0.3, -0.25) is 9.36 Å². The maximum absolute atomic E-state index is 14.0. The van der Waals surface area contributed by atoms with Gasteiger partial charge in [0.15, 0.2) is 0 Å². The molecule has 6 heteroatoms. The highest BCUT2D eigenvalue weighted by molar-refractivity contribution is 6.30. The Hall–Kier alpha value is -2.66. The van der Waals surface area contributed by atoms with Crippen LogP contribution in [0.15, 0.2) is 48.7 Å². The van der Waals surface area contributed by atoms with Gasteiger partial charge in [0.05, 0.1) is 23.8 Å². The second kappa shape index (κ2) is 5.85. The Morgan fingerprint density at radius 2 is 1.87 bits per heavy atom. The van der Waals surface area contributed by atoms with Crippen LogP contribution in [-0.4, -0.2) is 23.6 Å². The van der Waals surface area contributed by atoms with Crippen molar-refractivity contribution in [3.8, 4) is 0 Å². The predicted molar refractivity (Wildman–Crippen MR) is 84.4 cm³/mol. The van der Waals surface area contributed by atoms with E-state index < -0.39 is 17.7 Å². The third-order valence-electron chi connectivity index (χ3n) is 3.50. The van der Waals surface area contributed by atoms with Crippen molar-refractivity contribution in [3.63, 3.8) is 0 Å². The molecule has 0 saturated carbocycles. The van der Waals surface area contributed by atoms with Gasteiger partial charge < -0.3 is 4.74 Å². The van der Waals surface area contributed by atoms with Crippen LogP contribution in [0, 0.1) is 5.82 Å². The number of para-hydroxylation sites is 1. The summed E-state index contributed by atoms with van der Waals surface area (Å²) in [6, 6.07) is 10.7. The van der Waals surface area contributed by atoms with E-state index in [2.05, 4.69) is 0 Å². The fourth-order valence-corrected chi connectivity index (χ4v) is 2.57. The van der Waals surface area contributed by atoms with Crippen LogP contribution in [0.3, 0.4) is 0 Å². The SMILES string of the molecule is COC(=O)c1cn(C(=O)c2ccc(Cl)cc2F)c2ccccc12. The molecule has 0 spiro atoms. The largest absolute Gasteiger partial charge is 0.465 e. The molecule has 116 valence electrons. The van der Waals surface area contributed by atoms with Crippen LogP contribution in [0.1, 0.15) is 20.7 Å². The number of methoxy groups -OCH3 is 1. The molecule has 0 aliphatic rings. The van der Waals surface area contributed by atoms with Crippen molar-refractivity contribution in [2.75, 3.05) is 7.11 Å². The van der Waals surface area contributed by atoms with Crippen LogP contribution in [0.4, 0.5) is 4.39 Å². The predicted octanol–water partition coefficient (Wildman–Crippen LogP) is 3.91. The molecule has 3 aromatic rings. The number of ether oxygens (including phenoxy) is 1. The lowest BCUT2D eigenvalue weighted by Gasteiger charge is -2.05. The van der Waals surface area contributed by atoms with Crippen molar-refractivity contribution in [1.29, 1.82) is 0 Å². The molecule has 0 N–H and O–H groups in total. The van der Waals surface area contributed by atoms with Gasteiger partial charge in [-0.25, -0.2) is 9.18 Å². The van der Waals surface area contributed by atoms with E-state index in [0.717, 1.165) is 6.07 Å². The molecule has 0 radical (unpaired) electrons. The highest BCUT2D eigenvalue weighted by Gasteiger charge is 2.21. The minimum atomic E-state index is -0.722. The van der Waals surface area contributed by atoms with Gasteiger partial charge >= 0.3 is 5.97 Å². The highest BCUT2D eigenvalue weighted by atomic mass is 35.5. The number of hydrogen-bond acceptors (Lipinski definition) is 3. The molecule has 1 aromatic heterocycles. The first-order chi connectivity index (χ1) is 11.0. The standard InChI is InChI=1S/C17H11ClFNO3/c1-23-17(22)13-9-20(15-5-3-2-4-11(13)15)16(21)12-7-6-10(18)8-14(12)19/h2-9H,1H3. The van der Waals surface area contributed by atoms with Crippen LogP contribution < -0.4 is 0 Å². The molecule has 0 amide bonds. The van der Waals surface area contributed by atoms with Crippen molar-refractivity contribution in [1.82, 2.24) is 4.57 Å². The van der Waals surface area contributed by atoms with Gasteiger partial charge in [-0.2, -0.15) is 0 Å². The summed E-state index contributed by atoms with van der Waals surface area (Å²) in [5, 5.41) is 0.758. The number of aromatic nitrogens is 1. The summed E-state index contributed by atoms with van der Waals surface area (Å²) in [4.78, 5) is 24.5. The van der Waals surface area contributed by atoms with Crippen molar-refractivity contribution in [3.05, 3.63) is 70.6 Å². The zero-order chi connectivity index (χ0) is 16.6. The molecule has 0 fully saturated rings. The summed E-state index contributed by atoms with van der Waals surface area (Å²) >= 11 is 5.71. The number of esters is 1. The molecule has 0 aliphatic carbocycles. The summed E-state index contributed by atoms with van der Waals surface area (Å²) in [6.45, 7) is 0. The van der Waals surface area contributed by atoms with E-state index in [1.807, 2.05) is 0 Å². The minimum Gasteiger partial charge on any atom is -0.465 e. The van der Waals surface area contributed by atoms with Crippen molar-refractivity contribution in [2.24, 2.45) is 0 Å². The third kappa shape index (κ3) is 2.59. The van der Waals surface area contributed by atoms with Gasteiger partial charge in [-0.05, 0) is 24.3 Å². The smallest absolute Gasteiger partial charge is 0.340 e. The Labute approximate surface area is 136 Å². The summed E-state index contributed by atoms with van der Waals surface area (Å²) < 4.78 is 20.0. The van der Waals surface area contributed by atoms with Gasteiger partial charge in [-0.15, -0.1) is 0 Å². The van der Waals surface area contributed by atoms with E-state index >= 15 is 0 Å². The van der Waals surface area contributed by atoms with Crippen molar-refractivity contribution in [2.45, 2.75) is 0 Å². The Bertz CT molecular complexity index is 933. The number of benzene rings is 2. The van der Waals surface area contributed by atoms with E-state index in [0.29, 0.717) is 10.9 Å². The molecule has 0 aliphatic heterocycles. The molecule has 0 atom stereocenters. The first-order valence-electron chi connectivity index (χ1n) is 6.71. The zero-order valence-corrected chi connectivity index (χ0v) is 12.8. The summed E-state index contributed by atoms with van der Waals surface area (Å²) in [6.07, 6.45) is 1.35. The van der Waals surface area contributed by atoms with Crippen LogP contribution in [0.5, 0.6) is 0 Å². The Morgan fingerprint density at radius 3 is 2.57 bits per heavy atom. The van der Waals surface area contributed by atoms with Crippen molar-refractivity contribution >= 4 is 34.4 Å². The average molecular weight is 332 g/mol. The highest BCUT2D eigenvalue weighted by Crippen LogP contribution is 2.24. The quantitative estimate of drug-likeness (QED) is 0.669. The molecular formula is C17H11ClFNO3. The molecule has 4 nitrogen and oxygen atoms in total. The van der Waals surface area contributed by atoms with Crippen LogP contribution in [0.2, 0.25) is 5.02 Å². The Kier molecular flexibility index (Phi) is 3.88. The molecule has 0 saturated heterocycles. The van der Waals surface area contributed by atoms with E-state index in [9.17, 15) is 14.0 Å². The molecular weight excluding hydrogens is 321 g/mol. The lowest BCUT2D eigenvalue weighted by molar-refractivity contribution is 0.0603. The van der Waals surface area contributed by atoms with Gasteiger partial charge in [0, 0.05) is 16.6 Å². The number of halogens is 2. The second-order valence-electron chi connectivity index (χ2n) is 4.85. The van der Waals surface area contributed by atoms with E-state index in [1.54, 1.807) is 24.3 Å². The second-order valence-corrected chi connectivity index (χ2v) is 5.29. The maximum atomic E-state index is 14.0. The molecule has 0 unspecified atom stereocenters. The van der Waals surface area contributed by atoms with Gasteiger partial charge in [0.25, 0.3) is 5.91 Å². The molecule has 3 rings (SSSR count). The first-order valence-corrected chi connectivity index (χ1v) is 7.09. The number of rotatable bonds is 2. The molecule has 23 heavy (non-hydrogen) atoms. The van der Waals surface area contributed by atoms with Crippen LogP contribution in [0.25, 0.3) is 10.9 Å². The lowest BCUT2D eigenvalue weighted by Crippen LogP contribution is -2.13. The Morgan fingerprint density at radius 1 is 1.13 bits per heavy atom. The number of hydrogen-bond donors (Lipinski definition) is 0. The maximum Gasteiger partial charge on any atom is 0.340 e. The van der Waals surface area contributed by atoms with Crippen molar-refractivity contribution < 1.29 is 18.7 Å². The minimum absolute atomic E-state index is 0.133. The molecule has 0 bridgehead atoms. The average Bonchev–Trinajstić information content (AvgIpc) is 2.93. The fraction of sp³-hybridized carbons (Fsp3) is 0.0588. The van der Waals surface area contributed by atoms with Gasteiger partial charge in [-0.1, -0.05) is 29.8 Å². The lowest BCUT2D eigenvalue weighted by atomic mass is 10.2. The molecule has 1 heterocycles. The van der Waals surface area contributed by atoms with Crippen LogP contribution >= 0.6 is 11.6 Å². The number of fused-ring (bicyclic) bond motifs is 1. The summed E-state index contributed by atoms with van der Waals surface area (Å²) in [5.41, 5.74) is 0.602. The monoisotopic (exact) mass is 331 g/mol. The Balaban J connectivity index is 2.20. The van der Waals surface area contributed by atoms with E-state index in [1.165, 1.54) is 30.0 Å². The third-order valence-corrected chi connectivity index (χ3v) is 3.73. The summed E-state index contributed by atoms with van der Waals surface area (Å²) in [7, 11) is 1.26. The zero-order valence-electron chi connectivity index (χ0n) is 12.0.